The largest absolute Gasteiger partial charge is 0.465 e. The third kappa shape index (κ3) is 4.59. The van der Waals surface area contributed by atoms with E-state index in [9.17, 15) is 9.59 Å². The van der Waals surface area contributed by atoms with E-state index in [1.54, 1.807) is 30.3 Å². The van der Waals surface area contributed by atoms with Crippen LogP contribution in [0.15, 0.2) is 52.8 Å². The molecular formula is C20H22N2O3. The number of furan rings is 1. The van der Waals surface area contributed by atoms with Gasteiger partial charge >= 0.3 is 0 Å². The van der Waals surface area contributed by atoms with Crippen LogP contribution in [-0.4, -0.2) is 17.9 Å². The van der Waals surface area contributed by atoms with Crippen molar-refractivity contribution in [2.24, 2.45) is 0 Å². The molecule has 2 N–H and O–H groups in total. The first-order chi connectivity index (χ1) is 12.1. The number of nitrogens with one attached hydrogen (secondary N) is 2. The Labute approximate surface area is 147 Å². The van der Waals surface area contributed by atoms with Crippen molar-refractivity contribution in [3.05, 3.63) is 65.2 Å². The van der Waals surface area contributed by atoms with Crippen molar-refractivity contribution in [2.45, 2.75) is 38.6 Å². The van der Waals surface area contributed by atoms with E-state index in [1.165, 1.54) is 6.26 Å². The lowest BCUT2D eigenvalue weighted by molar-refractivity contribution is -0.118. The lowest BCUT2D eigenvalue weighted by Gasteiger charge is -2.15. The van der Waals surface area contributed by atoms with Crippen LogP contribution >= 0.6 is 0 Å². The minimum absolute atomic E-state index is 0.170. The molecule has 0 aliphatic heterocycles. The predicted octanol–water partition coefficient (Wildman–Crippen LogP) is 3.42. The van der Waals surface area contributed by atoms with E-state index >= 15 is 0 Å². The molecule has 0 unspecified atom stereocenters. The lowest BCUT2D eigenvalue weighted by atomic mass is 10.1. The van der Waals surface area contributed by atoms with Gasteiger partial charge in [0.1, 0.15) is 11.5 Å². The maximum Gasteiger partial charge on any atom is 0.268 e. The summed E-state index contributed by atoms with van der Waals surface area (Å²) in [6.45, 7) is 1.92. The van der Waals surface area contributed by atoms with Crippen molar-refractivity contribution < 1.29 is 14.0 Å². The van der Waals surface area contributed by atoms with Crippen LogP contribution in [0.5, 0.6) is 0 Å². The fourth-order valence-corrected chi connectivity index (χ4v) is 2.99. The molecule has 0 saturated heterocycles. The summed E-state index contributed by atoms with van der Waals surface area (Å²) in [5, 5.41) is 5.72. The molecule has 0 atom stereocenters. The van der Waals surface area contributed by atoms with Crippen molar-refractivity contribution in [3.63, 3.8) is 0 Å². The fourth-order valence-electron chi connectivity index (χ4n) is 2.99. The number of hydrogen-bond donors (Lipinski definition) is 2. The SMILES string of the molecule is Cc1cccc(C(=O)N/C(=C\c2ccco2)C(=O)NC2CCCC2)c1. The first-order valence-electron chi connectivity index (χ1n) is 8.56. The molecule has 1 aliphatic carbocycles. The van der Waals surface area contributed by atoms with Gasteiger partial charge < -0.3 is 15.1 Å². The topological polar surface area (TPSA) is 71.3 Å². The second kappa shape index (κ2) is 7.83. The van der Waals surface area contributed by atoms with Crippen LogP contribution in [0.2, 0.25) is 0 Å². The van der Waals surface area contributed by atoms with Crippen molar-refractivity contribution in [3.8, 4) is 0 Å². The van der Waals surface area contributed by atoms with Crippen molar-refractivity contribution in [1.82, 2.24) is 10.6 Å². The van der Waals surface area contributed by atoms with Gasteiger partial charge in [-0.3, -0.25) is 9.59 Å². The van der Waals surface area contributed by atoms with E-state index in [0.29, 0.717) is 11.3 Å². The highest BCUT2D eigenvalue weighted by Crippen LogP contribution is 2.18. The average Bonchev–Trinajstić information content (AvgIpc) is 3.28. The Kier molecular flexibility index (Phi) is 5.33. The molecule has 1 saturated carbocycles. The third-order valence-electron chi connectivity index (χ3n) is 4.29. The number of aryl methyl sites for hydroxylation is 1. The Morgan fingerprint density at radius 2 is 1.96 bits per heavy atom. The monoisotopic (exact) mass is 338 g/mol. The highest BCUT2D eigenvalue weighted by molar-refractivity contribution is 6.05. The maximum atomic E-state index is 12.6. The number of carbonyl (C=O) groups is 2. The van der Waals surface area contributed by atoms with E-state index in [-0.39, 0.29) is 23.6 Å². The van der Waals surface area contributed by atoms with Crippen LogP contribution in [0.25, 0.3) is 6.08 Å². The second-order valence-corrected chi connectivity index (χ2v) is 6.35. The van der Waals surface area contributed by atoms with Gasteiger partial charge in [0, 0.05) is 17.7 Å². The summed E-state index contributed by atoms with van der Waals surface area (Å²) < 4.78 is 5.28. The average molecular weight is 338 g/mol. The molecule has 130 valence electrons. The molecule has 0 bridgehead atoms. The summed E-state index contributed by atoms with van der Waals surface area (Å²) in [6, 6.07) is 10.9. The molecule has 1 aromatic carbocycles. The van der Waals surface area contributed by atoms with Crippen LogP contribution in [0.4, 0.5) is 0 Å². The van der Waals surface area contributed by atoms with Crippen LogP contribution in [0.3, 0.4) is 0 Å². The van der Waals surface area contributed by atoms with Gasteiger partial charge in [0.15, 0.2) is 0 Å². The Morgan fingerprint density at radius 3 is 2.64 bits per heavy atom. The third-order valence-corrected chi connectivity index (χ3v) is 4.29. The van der Waals surface area contributed by atoms with Gasteiger partial charge in [-0.15, -0.1) is 0 Å². The Balaban J connectivity index is 1.78. The second-order valence-electron chi connectivity index (χ2n) is 6.35. The standard InChI is InChI=1S/C20H22N2O3/c1-14-6-4-7-15(12-14)19(23)22-18(13-17-10-5-11-25-17)20(24)21-16-8-2-3-9-16/h4-7,10-13,16H,2-3,8-9H2,1H3,(H,21,24)(H,22,23)/b18-13-. The quantitative estimate of drug-likeness (QED) is 0.821. The predicted molar refractivity (Wildman–Crippen MR) is 95.7 cm³/mol. The number of carbonyl (C=O) groups excluding carboxylic acids is 2. The van der Waals surface area contributed by atoms with Gasteiger partial charge in [0.2, 0.25) is 0 Å². The highest BCUT2D eigenvalue weighted by atomic mass is 16.3. The summed E-state index contributed by atoms with van der Waals surface area (Å²) in [5.74, 6) is -0.0894. The van der Waals surface area contributed by atoms with Gasteiger partial charge in [0.05, 0.1) is 6.26 Å². The molecule has 1 heterocycles. The summed E-state index contributed by atoms with van der Waals surface area (Å²) in [6.07, 6.45) is 7.28. The van der Waals surface area contributed by atoms with E-state index in [0.717, 1.165) is 31.2 Å². The molecule has 5 nitrogen and oxygen atoms in total. The highest BCUT2D eigenvalue weighted by Gasteiger charge is 2.21. The normalized spacial score (nSPS) is 15.2. The molecule has 1 aromatic heterocycles. The molecule has 3 rings (SSSR count). The Morgan fingerprint density at radius 1 is 1.16 bits per heavy atom. The van der Waals surface area contributed by atoms with Crippen molar-refractivity contribution in [1.29, 1.82) is 0 Å². The molecule has 5 heteroatoms. The van der Waals surface area contributed by atoms with E-state index in [1.807, 2.05) is 19.1 Å². The van der Waals surface area contributed by atoms with Crippen molar-refractivity contribution in [2.75, 3.05) is 0 Å². The van der Waals surface area contributed by atoms with Gasteiger partial charge in [0.25, 0.3) is 11.8 Å². The van der Waals surface area contributed by atoms with Gasteiger partial charge in [-0.25, -0.2) is 0 Å². The molecule has 1 aliphatic rings. The van der Waals surface area contributed by atoms with E-state index in [2.05, 4.69) is 10.6 Å². The van der Waals surface area contributed by atoms with Crippen LogP contribution in [0.1, 0.15) is 47.4 Å². The van der Waals surface area contributed by atoms with E-state index < -0.39 is 0 Å². The molecule has 0 spiro atoms. The number of benzene rings is 1. The van der Waals surface area contributed by atoms with E-state index in [4.69, 9.17) is 4.42 Å². The first-order valence-corrected chi connectivity index (χ1v) is 8.56. The lowest BCUT2D eigenvalue weighted by Crippen LogP contribution is -2.39. The minimum atomic E-state index is -0.317. The fraction of sp³-hybridized carbons (Fsp3) is 0.300. The molecule has 2 aromatic rings. The summed E-state index contributed by atoms with van der Waals surface area (Å²) >= 11 is 0. The molecule has 25 heavy (non-hydrogen) atoms. The zero-order valence-corrected chi connectivity index (χ0v) is 14.2. The summed E-state index contributed by atoms with van der Waals surface area (Å²) in [4.78, 5) is 25.1. The minimum Gasteiger partial charge on any atom is -0.465 e. The van der Waals surface area contributed by atoms with Crippen LogP contribution < -0.4 is 10.6 Å². The smallest absolute Gasteiger partial charge is 0.268 e. The first kappa shape index (κ1) is 17.0. The molecule has 1 fully saturated rings. The van der Waals surface area contributed by atoms with Gasteiger partial charge in [-0.1, -0.05) is 30.5 Å². The van der Waals surface area contributed by atoms with Gasteiger partial charge in [-0.2, -0.15) is 0 Å². The number of amides is 2. The maximum absolute atomic E-state index is 12.6. The summed E-state index contributed by atoms with van der Waals surface area (Å²) in [7, 11) is 0. The van der Waals surface area contributed by atoms with Crippen LogP contribution in [0, 0.1) is 6.92 Å². The zero-order chi connectivity index (χ0) is 17.6. The number of rotatable bonds is 5. The van der Waals surface area contributed by atoms with Crippen LogP contribution in [-0.2, 0) is 4.79 Å². The Hall–Kier alpha value is -2.82. The molecule has 2 amide bonds. The number of hydrogen-bond acceptors (Lipinski definition) is 3. The molecule has 0 radical (unpaired) electrons. The summed E-state index contributed by atoms with van der Waals surface area (Å²) in [5.41, 5.74) is 1.69. The zero-order valence-electron chi connectivity index (χ0n) is 14.2. The molecular weight excluding hydrogens is 316 g/mol. The van der Waals surface area contributed by atoms with Gasteiger partial charge in [-0.05, 0) is 44.0 Å². The Bertz CT molecular complexity index is 772. The van der Waals surface area contributed by atoms with Crippen molar-refractivity contribution >= 4 is 17.9 Å².